The summed E-state index contributed by atoms with van der Waals surface area (Å²) < 4.78 is 1.19. The predicted octanol–water partition coefficient (Wildman–Crippen LogP) is 4.90. The first-order chi connectivity index (χ1) is 10.7. The van der Waals surface area contributed by atoms with Crippen molar-refractivity contribution in [2.24, 2.45) is 0 Å². The van der Waals surface area contributed by atoms with E-state index >= 15 is 0 Å². The average Bonchev–Trinajstić information content (AvgIpc) is 2.52. The van der Waals surface area contributed by atoms with Crippen molar-refractivity contribution < 1.29 is 0 Å². The van der Waals surface area contributed by atoms with E-state index < -0.39 is 0 Å². The molecule has 1 aliphatic rings. The quantitative estimate of drug-likeness (QED) is 0.216. The molecule has 2 nitrogen and oxygen atoms in total. The maximum Gasteiger partial charge on any atom is 0.0205 e. The summed E-state index contributed by atoms with van der Waals surface area (Å²) in [5, 5.41) is 0. The number of allylic oxidation sites excluding steroid dienone is 3. The third-order valence-electron chi connectivity index (χ3n) is 4.44. The SMILES string of the molecule is CCCCC/C=C(/CI)CC/C=C(/C)CN1CCN(C)CC1. The van der Waals surface area contributed by atoms with Gasteiger partial charge in [0.05, 0.1) is 0 Å². The van der Waals surface area contributed by atoms with Crippen LogP contribution in [0.3, 0.4) is 0 Å². The Balaban J connectivity index is 2.24. The second-order valence-corrected chi connectivity index (χ2v) is 7.42. The molecule has 1 heterocycles. The smallest absolute Gasteiger partial charge is 0.0205 e. The second kappa shape index (κ2) is 12.5. The van der Waals surface area contributed by atoms with Gasteiger partial charge in [0, 0.05) is 37.2 Å². The summed E-state index contributed by atoms with van der Waals surface area (Å²) in [6, 6.07) is 0. The molecule has 0 aliphatic carbocycles. The molecule has 0 unspecified atom stereocenters. The lowest BCUT2D eigenvalue weighted by molar-refractivity contribution is 0.164. The molecule has 0 aromatic rings. The number of hydrogen-bond donors (Lipinski definition) is 0. The van der Waals surface area contributed by atoms with Gasteiger partial charge >= 0.3 is 0 Å². The van der Waals surface area contributed by atoms with E-state index in [0.29, 0.717) is 0 Å². The topological polar surface area (TPSA) is 6.48 Å². The van der Waals surface area contributed by atoms with Crippen molar-refractivity contribution in [2.45, 2.75) is 52.4 Å². The van der Waals surface area contributed by atoms with Gasteiger partial charge < -0.3 is 4.90 Å². The van der Waals surface area contributed by atoms with Crippen molar-refractivity contribution in [3.05, 3.63) is 23.3 Å². The molecule has 1 saturated heterocycles. The molecule has 0 bridgehead atoms. The van der Waals surface area contributed by atoms with E-state index in [9.17, 15) is 0 Å². The van der Waals surface area contributed by atoms with Crippen LogP contribution in [-0.4, -0.2) is 54.0 Å². The molecule has 1 rings (SSSR count). The molecule has 0 radical (unpaired) electrons. The molecule has 0 aromatic carbocycles. The number of piperazine rings is 1. The van der Waals surface area contributed by atoms with Crippen LogP contribution < -0.4 is 0 Å². The van der Waals surface area contributed by atoms with Crippen molar-refractivity contribution in [2.75, 3.05) is 44.2 Å². The zero-order valence-corrected chi connectivity index (χ0v) is 17.1. The normalized spacial score (nSPS) is 18.9. The van der Waals surface area contributed by atoms with Gasteiger partial charge in [0.15, 0.2) is 0 Å². The molecule has 0 aromatic heterocycles. The van der Waals surface area contributed by atoms with Gasteiger partial charge in [-0.15, -0.1) is 0 Å². The Bertz CT molecular complexity index is 341. The van der Waals surface area contributed by atoms with E-state index in [1.54, 1.807) is 11.1 Å². The van der Waals surface area contributed by atoms with Crippen LogP contribution in [0.2, 0.25) is 0 Å². The summed E-state index contributed by atoms with van der Waals surface area (Å²) >= 11 is 2.51. The van der Waals surface area contributed by atoms with Gasteiger partial charge in [0.2, 0.25) is 0 Å². The van der Waals surface area contributed by atoms with Crippen LogP contribution >= 0.6 is 22.6 Å². The molecule has 3 heteroatoms. The molecular formula is C19H35IN2. The summed E-state index contributed by atoms with van der Waals surface area (Å²) in [5.41, 5.74) is 3.18. The van der Waals surface area contributed by atoms with E-state index in [4.69, 9.17) is 0 Å². The lowest BCUT2D eigenvalue weighted by Gasteiger charge is -2.32. The highest BCUT2D eigenvalue weighted by Gasteiger charge is 2.13. The average molecular weight is 418 g/mol. The minimum absolute atomic E-state index is 1.16. The number of unbranched alkanes of at least 4 members (excludes halogenated alkanes) is 3. The first kappa shape index (κ1) is 20.2. The minimum Gasteiger partial charge on any atom is -0.304 e. The van der Waals surface area contributed by atoms with Crippen LogP contribution in [0.25, 0.3) is 0 Å². The Labute approximate surface area is 152 Å². The van der Waals surface area contributed by atoms with Crippen molar-refractivity contribution >= 4 is 22.6 Å². The largest absolute Gasteiger partial charge is 0.304 e. The van der Waals surface area contributed by atoms with Gasteiger partial charge in [-0.05, 0) is 39.7 Å². The molecule has 1 aliphatic heterocycles. The van der Waals surface area contributed by atoms with Crippen LogP contribution in [0.15, 0.2) is 23.3 Å². The molecule has 0 saturated carbocycles. The molecule has 0 spiro atoms. The highest BCUT2D eigenvalue weighted by atomic mass is 127. The number of nitrogens with zero attached hydrogens (tertiary/aromatic N) is 2. The van der Waals surface area contributed by atoms with Gasteiger partial charge in [-0.3, -0.25) is 4.90 Å². The zero-order chi connectivity index (χ0) is 16.2. The third-order valence-corrected chi connectivity index (χ3v) is 5.42. The highest BCUT2D eigenvalue weighted by Crippen LogP contribution is 2.14. The minimum atomic E-state index is 1.16. The monoisotopic (exact) mass is 418 g/mol. The first-order valence-corrected chi connectivity index (χ1v) is 10.5. The van der Waals surface area contributed by atoms with Crippen molar-refractivity contribution in [3.63, 3.8) is 0 Å². The highest BCUT2D eigenvalue weighted by molar-refractivity contribution is 14.1. The fourth-order valence-corrected chi connectivity index (χ4v) is 3.54. The number of rotatable bonds is 10. The number of halogens is 1. The van der Waals surface area contributed by atoms with E-state index in [1.807, 2.05) is 0 Å². The van der Waals surface area contributed by atoms with Crippen LogP contribution in [0.4, 0.5) is 0 Å². The summed E-state index contributed by atoms with van der Waals surface area (Å²) in [6.07, 6.45) is 12.7. The summed E-state index contributed by atoms with van der Waals surface area (Å²) in [7, 11) is 2.22. The summed E-state index contributed by atoms with van der Waals surface area (Å²) in [6.45, 7) is 10.6. The van der Waals surface area contributed by atoms with Crippen molar-refractivity contribution in [3.8, 4) is 0 Å². The molecule has 22 heavy (non-hydrogen) atoms. The summed E-state index contributed by atoms with van der Waals surface area (Å²) in [4.78, 5) is 5.01. The Hall–Kier alpha value is 0.130. The predicted molar refractivity (Wildman–Crippen MR) is 108 cm³/mol. The lowest BCUT2D eigenvalue weighted by Crippen LogP contribution is -2.44. The molecule has 0 N–H and O–H groups in total. The Morgan fingerprint density at radius 3 is 2.41 bits per heavy atom. The Kier molecular flexibility index (Phi) is 11.5. The van der Waals surface area contributed by atoms with Gasteiger partial charge in [-0.1, -0.05) is 65.7 Å². The Morgan fingerprint density at radius 1 is 1.05 bits per heavy atom. The third kappa shape index (κ3) is 9.31. The molecule has 1 fully saturated rings. The number of likely N-dealkylation sites (N-methyl/N-ethyl adjacent to an activating group) is 1. The van der Waals surface area contributed by atoms with Crippen molar-refractivity contribution in [1.82, 2.24) is 9.80 Å². The van der Waals surface area contributed by atoms with Crippen LogP contribution in [-0.2, 0) is 0 Å². The van der Waals surface area contributed by atoms with Crippen LogP contribution in [0, 0.1) is 0 Å². The van der Waals surface area contributed by atoms with Crippen LogP contribution in [0.1, 0.15) is 52.4 Å². The van der Waals surface area contributed by atoms with E-state index in [0.717, 1.165) is 6.54 Å². The molecular weight excluding hydrogens is 383 g/mol. The van der Waals surface area contributed by atoms with Gasteiger partial charge in [-0.2, -0.15) is 0 Å². The van der Waals surface area contributed by atoms with Crippen LogP contribution in [0.5, 0.6) is 0 Å². The van der Waals surface area contributed by atoms with Crippen molar-refractivity contribution in [1.29, 1.82) is 0 Å². The lowest BCUT2D eigenvalue weighted by atomic mass is 10.1. The maximum atomic E-state index is 2.59. The van der Waals surface area contributed by atoms with Gasteiger partial charge in [0.25, 0.3) is 0 Å². The summed E-state index contributed by atoms with van der Waals surface area (Å²) in [5.74, 6) is 0. The molecule has 0 atom stereocenters. The zero-order valence-electron chi connectivity index (χ0n) is 14.9. The Morgan fingerprint density at radius 2 is 1.77 bits per heavy atom. The van der Waals surface area contributed by atoms with Gasteiger partial charge in [-0.25, -0.2) is 0 Å². The second-order valence-electron chi connectivity index (χ2n) is 6.66. The molecule has 128 valence electrons. The van der Waals surface area contributed by atoms with Gasteiger partial charge in [0.1, 0.15) is 0 Å². The standard InChI is InChI=1S/C19H35IN2/c1-4-5-6-7-10-19(16-20)11-8-9-18(2)17-22-14-12-21(3)13-15-22/h9-10H,4-8,11-17H2,1-3H3/b18-9-,19-10+. The first-order valence-electron chi connectivity index (χ1n) is 8.96. The van der Waals surface area contributed by atoms with E-state index in [1.165, 1.54) is 69.1 Å². The number of alkyl halides is 1. The van der Waals surface area contributed by atoms with E-state index in [-0.39, 0.29) is 0 Å². The fourth-order valence-electron chi connectivity index (χ4n) is 2.85. The van der Waals surface area contributed by atoms with E-state index in [2.05, 4.69) is 65.4 Å². The number of hydrogen-bond acceptors (Lipinski definition) is 2. The fraction of sp³-hybridized carbons (Fsp3) is 0.789. The molecule has 0 amide bonds. The maximum absolute atomic E-state index is 2.59.